The van der Waals surface area contributed by atoms with E-state index in [0.717, 1.165) is 59.7 Å². The largest absolute Gasteiger partial charge is 0.366 e. The molecule has 1 aliphatic heterocycles. The molecule has 44 heavy (non-hydrogen) atoms. The highest BCUT2D eigenvalue weighted by Crippen LogP contribution is 2.29. The summed E-state index contributed by atoms with van der Waals surface area (Å²) in [7, 11) is 0. The summed E-state index contributed by atoms with van der Waals surface area (Å²) >= 11 is 0. The number of hydrogen-bond donors (Lipinski definition) is 2. The molecule has 1 saturated heterocycles. The van der Waals surface area contributed by atoms with Crippen LogP contribution in [0.5, 0.6) is 0 Å². The molecular weight excluding hydrogens is 546 g/mol. The highest BCUT2D eigenvalue weighted by atomic mass is 16.5. The molecule has 0 spiro atoms. The number of piperazine rings is 1. The zero-order chi connectivity index (χ0) is 30.6. The van der Waals surface area contributed by atoms with Crippen molar-refractivity contribution in [1.29, 1.82) is 0 Å². The molecule has 2 N–H and O–H groups in total. The number of carbonyl (C=O) groups excluding carboxylic acids is 1. The molecular formula is C37H39N5O2. The summed E-state index contributed by atoms with van der Waals surface area (Å²) in [5.74, 6) is 1.52. The van der Waals surface area contributed by atoms with Crippen molar-refractivity contribution < 1.29 is 9.32 Å². The van der Waals surface area contributed by atoms with Gasteiger partial charge in [0.25, 0.3) is 11.8 Å². The van der Waals surface area contributed by atoms with Gasteiger partial charge in [-0.1, -0.05) is 73.1 Å². The third-order valence-corrected chi connectivity index (χ3v) is 8.29. The molecule has 7 nitrogen and oxygen atoms in total. The maximum absolute atomic E-state index is 13.5. The van der Waals surface area contributed by atoms with E-state index in [4.69, 9.17) is 4.52 Å². The SMILES string of the molecule is Cc1ccc(C(=O)Nc2ccc(N3CCNCC3Cc3cccc(-c4nc(C)no4)c3)cc2)c(-c2ccc(C(C)C)cc2)c1. The lowest BCUT2D eigenvalue weighted by molar-refractivity contribution is 0.102. The molecule has 2 heterocycles. The van der Waals surface area contributed by atoms with Crippen LogP contribution < -0.4 is 15.5 Å². The van der Waals surface area contributed by atoms with Crippen molar-refractivity contribution in [3.8, 4) is 22.6 Å². The Labute approximate surface area is 259 Å². The second-order valence-electron chi connectivity index (χ2n) is 11.9. The van der Waals surface area contributed by atoms with Crippen molar-refractivity contribution in [3.05, 3.63) is 119 Å². The number of hydrogen-bond acceptors (Lipinski definition) is 6. The normalized spacial score (nSPS) is 15.0. The van der Waals surface area contributed by atoms with E-state index in [1.54, 1.807) is 0 Å². The predicted molar refractivity (Wildman–Crippen MR) is 177 cm³/mol. The molecule has 1 fully saturated rings. The number of anilines is 2. The number of carbonyl (C=O) groups is 1. The number of rotatable bonds is 8. The Bertz CT molecular complexity index is 1740. The van der Waals surface area contributed by atoms with Crippen LogP contribution in [0, 0.1) is 13.8 Å². The molecule has 1 atom stereocenters. The molecule has 1 unspecified atom stereocenters. The molecule has 4 aromatic carbocycles. The van der Waals surface area contributed by atoms with Crippen molar-refractivity contribution >= 4 is 17.3 Å². The molecule has 5 aromatic rings. The number of nitrogens with one attached hydrogen (secondary N) is 2. The first-order chi connectivity index (χ1) is 21.3. The summed E-state index contributed by atoms with van der Waals surface area (Å²) in [4.78, 5) is 20.4. The Morgan fingerprint density at radius 3 is 2.50 bits per heavy atom. The number of aryl methyl sites for hydroxylation is 2. The first kappa shape index (κ1) is 29.3. The third kappa shape index (κ3) is 6.58. The molecule has 0 bridgehead atoms. The quantitative estimate of drug-likeness (QED) is 0.197. The molecule has 1 aliphatic rings. The van der Waals surface area contributed by atoms with Crippen LogP contribution in [0.25, 0.3) is 22.6 Å². The molecule has 1 aromatic heterocycles. The molecule has 0 aliphatic carbocycles. The Morgan fingerprint density at radius 1 is 0.977 bits per heavy atom. The molecule has 0 saturated carbocycles. The zero-order valence-corrected chi connectivity index (χ0v) is 25.8. The van der Waals surface area contributed by atoms with Gasteiger partial charge in [-0.05, 0) is 90.9 Å². The molecule has 1 amide bonds. The van der Waals surface area contributed by atoms with Gasteiger partial charge in [0.05, 0.1) is 0 Å². The van der Waals surface area contributed by atoms with Crippen LogP contribution in [-0.2, 0) is 6.42 Å². The van der Waals surface area contributed by atoms with E-state index in [1.807, 2.05) is 43.3 Å². The lowest BCUT2D eigenvalue weighted by Gasteiger charge is -2.38. The summed E-state index contributed by atoms with van der Waals surface area (Å²) in [5, 5.41) is 10.6. The first-order valence-electron chi connectivity index (χ1n) is 15.3. The van der Waals surface area contributed by atoms with Crippen LogP contribution in [0.4, 0.5) is 11.4 Å². The van der Waals surface area contributed by atoms with Gasteiger partial charge in [-0.25, -0.2) is 0 Å². The summed E-state index contributed by atoms with van der Waals surface area (Å²) in [5.41, 5.74) is 9.11. The van der Waals surface area contributed by atoms with Crippen LogP contribution in [0.15, 0.2) is 95.5 Å². The standard InChI is InChI=1S/C37H39N5O2/c1-24(2)28-9-11-29(12-10-28)35-20-25(3)8-17-34(35)36(43)40-31-13-15-32(16-14-31)42-19-18-38-23-33(42)22-27-6-5-7-30(21-27)37-39-26(4)41-44-37/h5-17,20-21,24,33,38H,18-19,22-23H2,1-4H3,(H,40,43). The fourth-order valence-electron chi connectivity index (χ4n) is 5.88. The second-order valence-corrected chi connectivity index (χ2v) is 11.9. The van der Waals surface area contributed by atoms with Crippen LogP contribution in [0.1, 0.15) is 52.6 Å². The Morgan fingerprint density at radius 2 is 1.77 bits per heavy atom. The molecule has 224 valence electrons. The smallest absolute Gasteiger partial charge is 0.257 e. The average Bonchev–Trinajstić information content (AvgIpc) is 3.48. The number of nitrogens with zero attached hydrogens (tertiary/aromatic N) is 3. The van der Waals surface area contributed by atoms with E-state index in [1.165, 1.54) is 11.1 Å². The van der Waals surface area contributed by atoms with E-state index in [9.17, 15) is 4.79 Å². The van der Waals surface area contributed by atoms with Crippen molar-refractivity contribution in [2.24, 2.45) is 0 Å². The van der Waals surface area contributed by atoms with E-state index in [-0.39, 0.29) is 11.9 Å². The van der Waals surface area contributed by atoms with Crippen LogP contribution in [-0.4, -0.2) is 41.7 Å². The second kappa shape index (κ2) is 12.9. The third-order valence-electron chi connectivity index (χ3n) is 8.29. The molecule has 7 heteroatoms. The highest BCUT2D eigenvalue weighted by Gasteiger charge is 2.23. The lowest BCUT2D eigenvalue weighted by atomic mass is 9.94. The molecule has 0 radical (unpaired) electrons. The fraction of sp³-hybridized carbons (Fsp3) is 0.270. The van der Waals surface area contributed by atoms with Gasteiger partial charge in [0.15, 0.2) is 5.82 Å². The minimum atomic E-state index is -0.114. The van der Waals surface area contributed by atoms with Crippen LogP contribution in [0.2, 0.25) is 0 Å². The van der Waals surface area contributed by atoms with Crippen LogP contribution in [0.3, 0.4) is 0 Å². The van der Waals surface area contributed by atoms with Crippen molar-refractivity contribution in [3.63, 3.8) is 0 Å². The Kier molecular flexibility index (Phi) is 8.57. The van der Waals surface area contributed by atoms with Crippen molar-refractivity contribution in [2.45, 2.75) is 46.1 Å². The van der Waals surface area contributed by atoms with Gasteiger partial charge in [0.2, 0.25) is 0 Å². The highest BCUT2D eigenvalue weighted by molar-refractivity contribution is 6.08. The van der Waals surface area contributed by atoms with Gasteiger partial charge in [-0.15, -0.1) is 0 Å². The number of aromatic nitrogens is 2. The van der Waals surface area contributed by atoms with Gasteiger partial charge in [0.1, 0.15) is 0 Å². The maximum atomic E-state index is 13.5. The van der Waals surface area contributed by atoms with E-state index in [0.29, 0.717) is 23.2 Å². The summed E-state index contributed by atoms with van der Waals surface area (Å²) in [6.07, 6.45) is 0.876. The number of amides is 1. The van der Waals surface area contributed by atoms with Gasteiger partial charge < -0.3 is 20.1 Å². The van der Waals surface area contributed by atoms with Crippen molar-refractivity contribution in [2.75, 3.05) is 29.9 Å². The first-order valence-corrected chi connectivity index (χ1v) is 15.3. The van der Waals surface area contributed by atoms with Crippen molar-refractivity contribution in [1.82, 2.24) is 15.5 Å². The average molecular weight is 586 g/mol. The summed E-state index contributed by atoms with van der Waals surface area (Å²) in [6, 6.07) is 31.3. The lowest BCUT2D eigenvalue weighted by Crippen LogP contribution is -2.52. The molecule has 6 rings (SSSR count). The van der Waals surface area contributed by atoms with Gasteiger partial charge in [0, 0.05) is 48.2 Å². The Balaban J connectivity index is 1.17. The minimum Gasteiger partial charge on any atom is -0.366 e. The van der Waals surface area contributed by atoms with E-state index in [2.05, 4.69) is 101 Å². The number of benzene rings is 4. The maximum Gasteiger partial charge on any atom is 0.257 e. The topological polar surface area (TPSA) is 83.3 Å². The predicted octanol–water partition coefficient (Wildman–Crippen LogP) is 7.42. The van der Waals surface area contributed by atoms with E-state index < -0.39 is 0 Å². The van der Waals surface area contributed by atoms with Crippen LogP contribution >= 0.6 is 0 Å². The van der Waals surface area contributed by atoms with E-state index >= 15 is 0 Å². The minimum absolute atomic E-state index is 0.114. The summed E-state index contributed by atoms with van der Waals surface area (Å²) < 4.78 is 5.38. The van der Waals surface area contributed by atoms with Gasteiger partial charge in [-0.3, -0.25) is 4.79 Å². The van der Waals surface area contributed by atoms with Gasteiger partial charge in [-0.2, -0.15) is 4.98 Å². The summed E-state index contributed by atoms with van der Waals surface area (Å²) in [6.45, 7) is 11.0. The Hall–Kier alpha value is -4.75. The monoisotopic (exact) mass is 585 g/mol. The fourth-order valence-corrected chi connectivity index (χ4v) is 5.88. The van der Waals surface area contributed by atoms with Gasteiger partial charge >= 0.3 is 0 Å². The zero-order valence-electron chi connectivity index (χ0n) is 25.8.